The molecule has 0 fully saturated rings. The number of rotatable bonds is 2. The number of aromatic amines is 1. The molecule has 0 radical (unpaired) electrons. The molecule has 0 saturated heterocycles. The van der Waals surface area contributed by atoms with Gasteiger partial charge in [-0.3, -0.25) is 14.9 Å². The van der Waals surface area contributed by atoms with Crippen molar-refractivity contribution in [3.8, 4) is 17.2 Å². The average Bonchev–Trinajstić information content (AvgIpc) is 2.83. The van der Waals surface area contributed by atoms with E-state index in [1.165, 1.54) is 10.7 Å². The van der Waals surface area contributed by atoms with Gasteiger partial charge in [0.05, 0.1) is 5.69 Å². The van der Waals surface area contributed by atoms with E-state index < -0.39 is 0 Å². The number of aromatic nitrogens is 5. The summed E-state index contributed by atoms with van der Waals surface area (Å²) in [6.45, 7) is 0. The maximum absolute atomic E-state index is 11.8. The summed E-state index contributed by atoms with van der Waals surface area (Å²) in [4.78, 5) is 23.9. The number of hydrogen-bond acceptors (Lipinski definition) is 4. The molecule has 0 saturated carbocycles. The van der Waals surface area contributed by atoms with Gasteiger partial charge in [-0.05, 0) is 18.2 Å². The quantitative estimate of drug-likeness (QED) is 0.724. The van der Waals surface area contributed by atoms with Crippen LogP contribution in [0.3, 0.4) is 0 Å². The zero-order valence-electron chi connectivity index (χ0n) is 9.32. The van der Waals surface area contributed by atoms with Crippen LogP contribution in [-0.4, -0.2) is 24.7 Å². The second-order valence-corrected chi connectivity index (χ2v) is 3.63. The zero-order chi connectivity index (χ0) is 12.4. The van der Waals surface area contributed by atoms with Crippen molar-refractivity contribution >= 4 is 0 Å². The minimum Gasteiger partial charge on any atom is -0.288 e. The van der Waals surface area contributed by atoms with Crippen LogP contribution in [0.4, 0.5) is 0 Å². The van der Waals surface area contributed by atoms with Crippen molar-refractivity contribution in [2.75, 3.05) is 0 Å². The highest BCUT2D eigenvalue weighted by atomic mass is 16.1. The van der Waals surface area contributed by atoms with Gasteiger partial charge in [-0.2, -0.15) is 4.68 Å². The monoisotopic (exact) mass is 239 g/mol. The molecule has 6 heteroatoms. The molecule has 0 bridgehead atoms. The Kier molecular flexibility index (Phi) is 2.45. The average molecular weight is 239 g/mol. The van der Waals surface area contributed by atoms with E-state index in [0.717, 1.165) is 5.56 Å². The molecule has 0 spiro atoms. The minimum atomic E-state index is -0.208. The van der Waals surface area contributed by atoms with Gasteiger partial charge in [-0.25, -0.2) is 9.97 Å². The van der Waals surface area contributed by atoms with Gasteiger partial charge < -0.3 is 0 Å². The molecule has 88 valence electrons. The molecule has 3 rings (SSSR count). The minimum absolute atomic E-state index is 0.208. The smallest absolute Gasteiger partial charge is 0.274 e. The molecule has 3 aromatic heterocycles. The fourth-order valence-electron chi connectivity index (χ4n) is 1.62. The van der Waals surface area contributed by atoms with Crippen LogP contribution in [0, 0.1) is 0 Å². The Morgan fingerprint density at radius 3 is 2.67 bits per heavy atom. The molecule has 18 heavy (non-hydrogen) atoms. The van der Waals surface area contributed by atoms with Crippen molar-refractivity contribution in [2.24, 2.45) is 0 Å². The van der Waals surface area contributed by atoms with Gasteiger partial charge in [0.15, 0.2) is 0 Å². The van der Waals surface area contributed by atoms with E-state index in [1.807, 2.05) is 12.1 Å². The van der Waals surface area contributed by atoms with Crippen LogP contribution in [0.1, 0.15) is 0 Å². The summed E-state index contributed by atoms with van der Waals surface area (Å²) < 4.78 is 1.29. The molecule has 6 nitrogen and oxygen atoms in total. The van der Waals surface area contributed by atoms with E-state index in [-0.39, 0.29) is 5.56 Å². The molecule has 0 amide bonds. The summed E-state index contributed by atoms with van der Waals surface area (Å²) in [6.07, 6.45) is 6.53. The van der Waals surface area contributed by atoms with Gasteiger partial charge in [-0.1, -0.05) is 0 Å². The van der Waals surface area contributed by atoms with E-state index >= 15 is 0 Å². The van der Waals surface area contributed by atoms with Gasteiger partial charge in [0, 0.05) is 36.4 Å². The predicted octanol–water partition coefficient (Wildman–Crippen LogP) is 1.02. The second kappa shape index (κ2) is 4.25. The fourth-order valence-corrected chi connectivity index (χ4v) is 1.62. The number of nitrogens with zero attached hydrogens (tertiary/aromatic N) is 4. The van der Waals surface area contributed by atoms with E-state index in [9.17, 15) is 4.79 Å². The second-order valence-electron chi connectivity index (χ2n) is 3.63. The molecular formula is C12H9N5O. The highest BCUT2D eigenvalue weighted by Gasteiger charge is 2.08. The number of pyridine rings is 1. The summed E-state index contributed by atoms with van der Waals surface area (Å²) >= 11 is 0. The first kappa shape index (κ1) is 10.4. The third-order valence-electron chi connectivity index (χ3n) is 2.45. The summed E-state index contributed by atoms with van der Waals surface area (Å²) in [5.41, 5.74) is 1.31. The van der Waals surface area contributed by atoms with E-state index in [2.05, 4.69) is 20.1 Å². The highest BCUT2D eigenvalue weighted by molar-refractivity contribution is 5.57. The molecule has 0 unspecified atom stereocenters. The highest BCUT2D eigenvalue weighted by Crippen LogP contribution is 2.13. The summed E-state index contributed by atoms with van der Waals surface area (Å²) in [7, 11) is 0. The molecule has 0 aliphatic rings. The fraction of sp³-hybridized carbons (Fsp3) is 0. The molecular weight excluding hydrogens is 230 g/mol. The Balaban J connectivity index is 2.10. The van der Waals surface area contributed by atoms with E-state index in [0.29, 0.717) is 11.6 Å². The van der Waals surface area contributed by atoms with Crippen LogP contribution in [0.25, 0.3) is 17.2 Å². The van der Waals surface area contributed by atoms with Crippen molar-refractivity contribution in [1.29, 1.82) is 0 Å². The molecule has 0 aliphatic heterocycles. The lowest BCUT2D eigenvalue weighted by Crippen LogP contribution is -2.15. The van der Waals surface area contributed by atoms with Crippen LogP contribution < -0.4 is 5.56 Å². The molecule has 0 aromatic carbocycles. The lowest BCUT2D eigenvalue weighted by atomic mass is 10.2. The summed E-state index contributed by atoms with van der Waals surface area (Å²) in [6, 6.07) is 6.87. The molecule has 3 heterocycles. The van der Waals surface area contributed by atoms with Gasteiger partial charge in [0.1, 0.15) is 0 Å². The van der Waals surface area contributed by atoms with Crippen molar-refractivity contribution in [1.82, 2.24) is 24.7 Å². The lowest BCUT2D eigenvalue weighted by molar-refractivity contribution is 0.785. The van der Waals surface area contributed by atoms with Crippen molar-refractivity contribution in [3.63, 3.8) is 0 Å². The first-order valence-corrected chi connectivity index (χ1v) is 5.34. The first-order valence-electron chi connectivity index (χ1n) is 5.34. The summed E-state index contributed by atoms with van der Waals surface area (Å²) in [5.74, 6) is 0.317. The Morgan fingerprint density at radius 2 is 1.94 bits per heavy atom. The zero-order valence-corrected chi connectivity index (χ0v) is 9.32. The maximum atomic E-state index is 11.8. The van der Waals surface area contributed by atoms with Gasteiger partial charge in [0.25, 0.3) is 11.5 Å². The molecule has 1 N–H and O–H groups in total. The Morgan fingerprint density at radius 1 is 1.11 bits per heavy atom. The normalized spacial score (nSPS) is 10.4. The molecule has 3 aromatic rings. The van der Waals surface area contributed by atoms with Crippen LogP contribution >= 0.6 is 0 Å². The standard InChI is InChI=1S/C12H9N5O/c18-11-7-10(9-3-1-4-13-8-9)16-17(11)12-14-5-2-6-15-12/h1-8,16H. The predicted molar refractivity (Wildman–Crippen MR) is 65.2 cm³/mol. The Bertz CT molecular complexity index is 702. The van der Waals surface area contributed by atoms with E-state index in [1.54, 1.807) is 30.9 Å². The molecule has 0 atom stereocenters. The maximum Gasteiger partial charge on any atom is 0.274 e. The third-order valence-corrected chi connectivity index (χ3v) is 2.45. The lowest BCUT2D eigenvalue weighted by Gasteiger charge is -1.99. The SMILES string of the molecule is O=c1cc(-c2cccnc2)[nH]n1-c1ncccn1. The largest absolute Gasteiger partial charge is 0.288 e. The van der Waals surface area contributed by atoms with E-state index in [4.69, 9.17) is 0 Å². The van der Waals surface area contributed by atoms with Crippen LogP contribution in [-0.2, 0) is 0 Å². The molecule has 0 aliphatic carbocycles. The van der Waals surface area contributed by atoms with Gasteiger partial charge in [0.2, 0.25) is 0 Å². The number of H-pyrrole nitrogens is 1. The van der Waals surface area contributed by atoms with Crippen LogP contribution in [0.2, 0.25) is 0 Å². The van der Waals surface area contributed by atoms with Crippen LogP contribution in [0.15, 0.2) is 53.8 Å². The Labute approximate surface area is 102 Å². The van der Waals surface area contributed by atoms with Crippen molar-refractivity contribution in [2.45, 2.75) is 0 Å². The first-order chi connectivity index (χ1) is 8.84. The number of hydrogen-bond donors (Lipinski definition) is 1. The third kappa shape index (κ3) is 1.80. The van der Waals surface area contributed by atoms with Gasteiger partial charge in [-0.15, -0.1) is 0 Å². The topological polar surface area (TPSA) is 76.5 Å². The summed E-state index contributed by atoms with van der Waals surface area (Å²) in [5, 5.41) is 2.95. The van der Waals surface area contributed by atoms with Crippen molar-refractivity contribution < 1.29 is 0 Å². The number of nitrogens with one attached hydrogen (secondary N) is 1. The van der Waals surface area contributed by atoms with Gasteiger partial charge >= 0.3 is 0 Å². The van der Waals surface area contributed by atoms with Crippen LogP contribution in [0.5, 0.6) is 0 Å². The van der Waals surface area contributed by atoms with Crippen molar-refractivity contribution in [3.05, 3.63) is 59.4 Å². The Hall–Kier alpha value is -2.76.